The monoisotopic (exact) mass is 381 g/mol. The van der Waals surface area contributed by atoms with Gasteiger partial charge in [0.05, 0.1) is 0 Å². The normalized spacial score (nSPS) is 19.1. The molecule has 0 radical (unpaired) electrons. The van der Waals surface area contributed by atoms with Crippen LogP contribution in [0.5, 0.6) is 0 Å². The Hall–Kier alpha value is -2.63. The average Bonchev–Trinajstić information content (AvgIpc) is 2.66. The van der Waals surface area contributed by atoms with E-state index in [1.54, 1.807) is 0 Å². The lowest BCUT2D eigenvalue weighted by atomic mass is 9.85. The molecule has 6 heteroatoms. The maximum Gasteiger partial charge on any atom is 0.225 e. The van der Waals surface area contributed by atoms with Crippen LogP contribution in [0.15, 0.2) is 30.3 Å². The molecule has 150 valence electrons. The number of aryl methyl sites for hydroxylation is 2. The molecule has 1 aliphatic rings. The van der Waals surface area contributed by atoms with E-state index >= 15 is 0 Å². The van der Waals surface area contributed by atoms with E-state index in [1.807, 2.05) is 38.1 Å². The number of nitrogens with one attached hydrogen (secondary N) is 2. The molecule has 1 aromatic carbocycles. The van der Waals surface area contributed by atoms with Gasteiger partial charge in [0.25, 0.3) is 0 Å². The summed E-state index contributed by atoms with van der Waals surface area (Å²) in [6.07, 6.45) is 3.70. The number of amides is 1. The van der Waals surface area contributed by atoms with Gasteiger partial charge < -0.3 is 15.5 Å². The summed E-state index contributed by atoms with van der Waals surface area (Å²) in [4.78, 5) is 23.6. The van der Waals surface area contributed by atoms with Crippen LogP contribution in [0.3, 0.4) is 0 Å². The molecular formula is C22H31N5O. The first kappa shape index (κ1) is 20.1. The Morgan fingerprint density at radius 1 is 1.11 bits per heavy atom. The van der Waals surface area contributed by atoms with Crippen LogP contribution in [-0.2, 0) is 11.3 Å². The molecule has 0 bridgehead atoms. The van der Waals surface area contributed by atoms with Crippen molar-refractivity contribution in [3.05, 3.63) is 47.2 Å². The molecule has 1 heterocycles. The molecule has 0 saturated heterocycles. The number of carbonyl (C=O) groups excluding carboxylic acids is 1. The number of hydrogen-bond donors (Lipinski definition) is 2. The van der Waals surface area contributed by atoms with Gasteiger partial charge in [0, 0.05) is 44.4 Å². The number of hydrogen-bond acceptors (Lipinski definition) is 5. The molecule has 6 nitrogen and oxygen atoms in total. The number of rotatable bonds is 6. The molecule has 1 fully saturated rings. The van der Waals surface area contributed by atoms with Crippen molar-refractivity contribution < 1.29 is 4.79 Å². The van der Waals surface area contributed by atoms with Gasteiger partial charge in [0.1, 0.15) is 5.82 Å². The van der Waals surface area contributed by atoms with Gasteiger partial charge >= 0.3 is 0 Å². The minimum atomic E-state index is 0.0959. The van der Waals surface area contributed by atoms with Gasteiger partial charge in [-0.2, -0.15) is 4.98 Å². The lowest BCUT2D eigenvalue weighted by Gasteiger charge is -2.28. The van der Waals surface area contributed by atoms with Gasteiger partial charge in [-0.1, -0.05) is 29.8 Å². The molecule has 0 aliphatic heterocycles. The van der Waals surface area contributed by atoms with E-state index in [-0.39, 0.29) is 11.8 Å². The predicted molar refractivity (Wildman–Crippen MR) is 113 cm³/mol. The summed E-state index contributed by atoms with van der Waals surface area (Å²) in [6, 6.07) is 10.6. The highest BCUT2D eigenvalue weighted by Gasteiger charge is 2.26. The van der Waals surface area contributed by atoms with Crippen LogP contribution >= 0.6 is 0 Å². The minimum absolute atomic E-state index is 0.0959. The van der Waals surface area contributed by atoms with E-state index in [0.717, 1.165) is 42.8 Å². The molecule has 1 amide bonds. The second-order valence-corrected chi connectivity index (χ2v) is 7.99. The fourth-order valence-corrected chi connectivity index (χ4v) is 3.68. The standard InChI is InChI=1S/C22H31N5O/c1-15-6-5-7-17(12-15)14-23-21(28)18-8-10-19(11-9-18)25-22-24-16(2)13-20(26-22)27(3)4/h5-7,12-13,18-19H,8-11,14H2,1-4H3,(H,23,28)(H,24,25,26)/t18-,19+. The van der Waals surface area contributed by atoms with E-state index in [2.05, 4.69) is 45.7 Å². The topological polar surface area (TPSA) is 70.2 Å². The zero-order valence-electron chi connectivity index (χ0n) is 17.3. The van der Waals surface area contributed by atoms with Gasteiger partial charge in [0.15, 0.2) is 0 Å². The third-order valence-corrected chi connectivity index (χ3v) is 5.28. The molecule has 2 aromatic rings. The highest BCUT2D eigenvalue weighted by Crippen LogP contribution is 2.26. The Morgan fingerprint density at radius 2 is 1.86 bits per heavy atom. The first-order valence-corrected chi connectivity index (χ1v) is 10.0. The third-order valence-electron chi connectivity index (χ3n) is 5.28. The molecule has 1 saturated carbocycles. The molecule has 0 unspecified atom stereocenters. The predicted octanol–water partition coefficient (Wildman–Crippen LogP) is 3.45. The van der Waals surface area contributed by atoms with Crippen LogP contribution in [0.2, 0.25) is 0 Å². The van der Waals surface area contributed by atoms with Crippen LogP contribution in [0.25, 0.3) is 0 Å². The van der Waals surface area contributed by atoms with Crippen LogP contribution in [-0.4, -0.2) is 36.0 Å². The smallest absolute Gasteiger partial charge is 0.225 e. The first-order valence-electron chi connectivity index (χ1n) is 10.0. The lowest BCUT2D eigenvalue weighted by molar-refractivity contribution is -0.126. The number of anilines is 2. The van der Waals surface area contributed by atoms with Crippen molar-refractivity contribution in [2.75, 3.05) is 24.3 Å². The van der Waals surface area contributed by atoms with Crippen LogP contribution in [0.4, 0.5) is 11.8 Å². The summed E-state index contributed by atoms with van der Waals surface area (Å²) in [6.45, 7) is 4.65. The Kier molecular flexibility index (Phi) is 6.49. The average molecular weight is 382 g/mol. The molecule has 0 spiro atoms. The summed E-state index contributed by atoms with van der Waals surface area (Å²) in [5.41, 5.74) is 3.32. The van der Waals surface area contributed by atoms with Gasteiger partial charge in [-0.15, -0.1) is 0 Å². The van der Waals surface area contributed by atoms with Gasteiger partial charge in [-0.25, -0.2) is 4.98 Å². The van der Waals surface area contributed by atoms with E-state index in [4.69, 9.17) is 0 Å². The first-order chi connectivity index (χ1) is 13.4. The van der Waals surface area contributed by atoms with E-state index in [9.17, 15) is 4.79 Å². The van der Waals surface area contributed by atoms with Crippen molar-refractivity contribution in [3.63, 3.8) is 0 Å². The zero-order valence-corrected chi connectivity index (χ0v) is 17.3. The zero-order chi connectivity index (χ0) is 20.1. The highest BCUT2D eigenvalue weighted by molar-refractivity contribution is 5.78. The van der Waals surface area contributed by atoms with E-state index < -0.39 is 0 Å². The van der Waals surface area contributed by atoms with E-state index in [0.29, 0.717) is 18.5 Å². The molecule has 2 N–H and O–H groups in total. The molecule has 3 rings (SSSR count). The molecule has 1 aromatic heterocycles. The Bertz CT molecular complexity index is 812. The highest BCUT2D eigenvalue weighted by atomic mass is 16.1. The fourth-order valence-electron chi connectivity index (χ4n) is 3.68. The maximum atomic E-state index is 12.5. The van der Waals surface area contributed by atoms with Crippen molar-refractivity contribution in [2.45, 2.75) is 52.1 Å². The second kappa shape index (κ2) is 9.04. The SMILES string of the molecule is Cc1cccc(CNC(=O)[C@H]2CC[C@@H](Nc3nc(C)cc(N(C)C)n3)CC2)c1. The molecule has 0 atom stereocenters. The summed E-state index contributed by atoms with van der Waals surface area (Å²) in [7, 11) is 3.96. The molecule has 28 heavy (non-hydrogen) atoms. The fraction of sp³-hybridized carbons (Fsp3) is 0.500. The Labute approximate surface area is 167 Å². The number of nitrogens with zero attached hydrogens (tertiary/aromatic N) is 3. The third kappa shape index (κ3) is 5.44. The van der Waals surface area contributed by atoms with Crippen molar-refractivity contribution in [3.8, 4) is 0 Å². The van der Waals surface area contributed by atoms with Crippen molar-refractivity contribution >= 4 is 17.7 Å². The van der Waals surface area contributed by atoms with Crippen LogP contribution in [0.1, 0.15) is 42.5 Å². The van der Waals surface area contributed by atoms with Gasteiger partial charge in [-0.3, -0.25) is 4.79 Å². The van der Waals surface area contributed by atoms with Crippen molar-refractivity contribution in [1.82, 2.24) is 15.3 Å². The molecule has 1 aliphatic carbocycles. The van der Waals surface area contributed by atoms with Crippen LogP contribution in [0, 0.1) is 19.8 Å². The largest absolute Gasteiger partial charge is 0.363 e. The number of carbonyl (C=O) groups is 1. The molecular weight excluding hydrogens is 350 g/mol. The minimum Gasteiger partial charge on any atom is -0.363 e. The summed E-state index contributed by atoms with van der Waals surface area (Å²) in [5.74, 6) is 1.84. The Morgan fingerprint density at radius 3 is 2.54 bits per heavy atom. The van der Waals surface area contributed by atoms with Crippen molar-refractivity contribution in [2.24, 2.45) is 5.92 Å². The quantitative estimate of drug-likeness (QED) is 0.802. The van der Waals surface area contributed by atoms with Crippen molar-refractivity contribution in [1.29, 1.82) is 0 Å². The number of aromatic nitrogens is 2. The second-order valence-electron chi connectivity index (χ2n) is 7.99. The lowest BCUT2D eigenvalue weighted by Crippen LogP contribution is -2.36. The van der Waals surface area contributed by atoms with Gasteiger partial charge in [0.2, 0.25) is 11.9 Å². The number of benzene rings is 1. The van der Waals surface area contributed by atoms with E-state index in [1.165, 1.54) is 5.56 Å². The van der Waals surface area contributed by atoms with Gasteiger partial charge in [-0.05, 0) is 45.1 Å². The maximum absolute atomic E-state index is 12.5. The Balaban J connectivity index is 1.48. The van der Waals surface area contributed by atoms with Crippen LogP contribution < -0.4 is 15.5 Å². The summed E-state index contributed by atoms with van der Waals surface area (Å²) in [5, 5.41) is 6.56. The summed E-state index contributed by atoms with van der Waals surface area (Å²) < 4.78 is 0. The summed E-state index contributed by atoms with van der Waals surface area (Å²) >= 11 is 0.